The highest BCUT2D eigenvalue weighted by Crippen LogP contribution is 2.13. The number of aliphatic carboxylic acids is 3. The number of amides is 3. The number of carbonyl (C=O) groups excluding carboxylic acids is 2. The predicted octanol–water partition coefficient (Wildman–Crippen LogP) is 1.51. The third kappa shape index (κ3) is 13.6. The number of carboxylic acid groups (broad SMARTS) is 3. The summed E-state index contributed by atoms with van der Waals surface area (Å²) in [7, 11) is 0. The molecule has 1 unspecified atom stereocenters. The Kier molecular flexibility index (Phi) is 14.1. The first-order chi connectivity index (χ1) is 18.5. The topological polar surface area (TPSA) is 212 Å². The largest absolute Gasteiger partial charge is 0.481 e. The molecule has 1 atom stereocenters. The van der Waals surface area contributed by atoms with Gasteiger partial charge in [0.1, 0.15) is 6.54 Å². The third-order valence-corrected chi connectivity index (χ3v) is 4.75. The number of urea groups is 1. The first-order valence-electron chi connectivity index (χ1n) is 11.6. The van der Waals surface area contributed by atoms with Gasteiger partial charge >= 0.3 is 18.0 Å². The highest BCUT2D eigenvalue weighted by molar-refractivity contribution is 5.92. The molecule has 3 amide bonds. The average Bonchev–Trinajstić information content (AvgIpc) is 2.88. The van der Waals surface area contributed by atoms with Gasteiger partial charge in [-0.15, -0.1) is 0 Å². The van der Waals surface area contributed by atoms with Gasteiger partial charge < -0.3 is 36.7 Å². The number of hydrazone groups is 1. The number of carboxylic acids is 3. The van der Waals surface area contributed by atoms with Crippen LogP contribution in [0, 0.1) is 0 Å². The fourth-order valence-electron chi connectivity index (χ4n) is 3.06. The van der Waals surface area contributed by atoms with Crippen molar-refractivity contribution in [2.24, 2.45) is 10.9 Å². The van der Waals surface area contributed by atoms with Crippen LogP contribution in [0.15, 0.2) is 65.8 Å². The predicted molar refractivity (Wildman–Crippen MR) is 143 cm³/mol. The number of hydrogen-bond acceptors (Lipinski definition) is 7. The second-order valence-corrected chi connectivity index (χ2v) is 7.89. The molecule has 2 aromatic rings. The fourth-order valence-corrected chi connectivity index (χ4v) is 3.06. The summed E-state index contributed by atoms with van der Waals surface area (Å²) in [4.78, 5) is 57.4. The van der Waals surface area contributed by atoms with Gasteiger partial charge in [0.2, 0.25) is 5.91 Å². The molecule has 0 fully saturated rings. The van der Waals surface area contributed by atoms with Gasteiger partial charge in [-0.1, -0.05) is 54.6 Å². The van der Waals surface area contributed by atoms with Crippen molar-refractivity contribution < 1.29 is 39.3 Å². The van der Waals surface area contributed by atoms with Crippen molar-refractivity contribution in [3.8, 4) is 0 Å². The van der Waals surface area contributed by atoms with Gasteiger partial charge in [0.05, 0.1) is 6.21 Å². The van der Waals surface area contributed by atoms with Crippen molar-refractivity contribution in [3.63, 3.8) is 0 Å². The van der Waals surface area contributed by atoms with E-state index in [-0.39, 0.29) is 25.4 Å². The van der Waals surface area contributed by atoms with Gasteiger partial charge in [0.25, 0.3) is 5.97 Å². The molecule has 7 N–H and O–H groups in total. The maximum atomic E-state index is 12.6. The Bertz CT molecular complexity index is 1160. The summed E-state index contributed by atoms with van der Waals surface area (Å²) < 4.78 is 0. The quantitative estimate of drug-likeness (QED) is 0.0754. The van der Waals surface area contributed by atoms with Crippen LogP contribution >= 0.6 is 0 Å². The minimum Gasteiger partial charge on any atom is -0.481 e. The second-order valence-electron chi connectivity index (χ2n) is 7.89. The van der Waals surface area contributed by atoms with Crippen LogP contribution in [-0.4, -0.2) is 75.9 Å². The normalized spacial score (nSPS) is 11.2. The minimum absolute atomic E-state index is 0.00653. The molecule has 39 heavy (non-hydrogen) atoms. The Hall–Kier alpha value is -5.20. The molecule has 0 saturated carbocycles. The van der Waals surface area contributed by atoms with Crippen LogP contribution in [0.4, 0.5) is 4.79 Å². The number of carbonyl (C=O) groups is 5. The summed E-state index contributed by atoms with van der Waals surface area (Å²) in [5.41, 5.74) is 1.97. The molecule has 13 nitrogen and oxygen atoms in total. The molecule has 0 heterocycles. The Morgan fingerprint density at radius 3 is 2.10 bits per heavy atom. The van der Waals surface area contributed by atoms with Crippen LogP contribution in [-0.2, 0) is 19.2 Å². The van der Waals surface area contributed by atoms with Crippen LogP contribution in [0.1, 0.15) is 36.1 Å². The number of nitrogens with one attached hydrogen (secondary N) is 2. The van der Waals surface area contributed by atoms with Crippen molar-refractivity contribution >= 4 is 42.1 Å². The minimum atomic E-state index is -1.33. The number of hydrogen-bond donors (Lipinski definition) is 6. The van der Waals surface area contributed by atoms with Gasteiger partial charge in [-0.2, -0.15) is 5.10 Å². The molecule has 0 aliphatic carbocycles. The number of nitrogens with two attached hydrogens (primary N) is 1. The van der Waals surface area contributed by atoms with E-state index in [1.165, 1.54) is 12.3 Å². The second kappa shape index (κ2) is 17.3. The van der Waals surface area contributed by atoms with E-state index in [4.69, 9.17) is 20.9 Å². The van der Waals surface area contributed by atoms with Gasteiger partial charge in [-0.3, -0.25) is 14.4 Å². The van der Waals surface area contributed by atoms with Crippen molar-refractivity contribution in [1.82, 2.24) is 15.5 Å². The molecule has 0 bridgehead atoms. The zero-order valence-corrected chi connectivity index (χ0v) is 21.2. The Morgan fingerprint density at radius 1 is 0.974 bits per heavy atom. The highest BCUT2D eigenvalue weighted by Gasteiger charge is 2.25. The van der Waals surface area contributed by atoms with E-state index in [9.17, 15) is 24.3 Å². The molecular weight excluding hydrogens is 510 g/mol. The summed E-state index contributed by atoms with van der Waals surface area (Å²) >= 11 is 0. The van der Waals surface area contributed by atoms with Crippen molar-refractivity contribution in [2.75, 3.05) is 19.6 Å². The van der Waals surface area contributed by atoms with Gasteiger partial charge in [0, 0.05) is 26.1 Å². The molecule has 0 saturated heterocycles. The number of rotatable bonds is 12. The van der Waals surface area contributed by atoms with Gasteiger partial charge in [-0.05, 0) is 29.2 Å². The Morgan fingerprint density at radius 2 is 1.56 bits per heavy atom. The molecule has 208 valence electrons. The summed E-state index contributed by atoms with van der Waals surface area (Å²) in [6.45, 7) is 0.638. The molecule has 0 radical (unpaired) electrons. The molecule has 0 aliphatic heterocycles. The zero-order valence-electron chi connectivity index (χ0n) is 21.2. The molecule has 0 spiro atoms. The van der Waals surface area contributed by atoms with Crippen LogP contribution < -0.4 is 16.5 Å². The maximum absolute atomic E-state index is 12.6. The third-order valence-electron chi connectivity index (χ3n) is 4.75. The zero-order chi connectivity index (χ0) is 29.2. The number of benzene rings is 2. The lowest BCUT2D eigenvalue weighted by Gasteiger charge is -2.24. The molecule has 2 aromatic carbocycles. The van der Waals surface area contributed by atoms with E-state index in [2.05, 4.69) is 15.7 Å². The lowest BCUT2D eigenvalue weighted by Crippen LogP contribution is -2.46. The standard InChI is InChI=1S/C24H27N5O6.C2H4O2/c25-27-15-18-9-7-17(8-10-18)11-12-20(30)26-13-4-14-29(16-21(31)32)24(35)28-22(23(33)34)19-5-2-1-3-6-19;1-2(3)4/h1-3,5-12,15,22H,4,13-14,16,25H2,(H,26,30)(H,28,35)(H,31,32)(H,33,34);1H3,(H,3,4). The molecule has 0 aromatic heterocycles. The maximum Gasteiger partial charge on any atom is 0.330 e. The SMILES string of the molecule is CC(=O)O.NN=Cc1ccc(C=CC(=O)NCCCN(CC(=O)O)C(=O)NC(C(=O)O)c2ccccc2)cc1. The van der Waals surface area contributed by atoms with Gasteiger partial charge in [-0.25, -0.2) is 9.59 Å². The first kappa shape index (κ1) is 31.8. The van der Waals surface area contributed by atoms with E-state index in [1.807, 2.05) is 0 Å². The van der Waals surface area contributed by atoms with Crippen molar-refractivity contribution in [3.05, 3.63) is 77.4 Å². The van der Waals surface area contributed by atoms with Gasteiger partial charge in [0.15, 0.2) is 6.04 Å². The van der Waals surface area contributed by atoms with Crippen LogP contribution in [0.2, 0.25) is 0 Å². The Balaban J connectivity index is 0.00000177. The molecule has 13 heteroatoms. The molecule has 0 aliphatic rings. The lowest BCUT2D eigenvalue weighted by molar-refractivity contribution is -0.139. The summed E-state index contributed by atoms with van der Waals surface area (Å²) in [6.07, 6.45) is 4.73. The average molecular weight is 542 g/mol. The van der Waals surface area contributed by atoms with E-state index in [0.717, 1.165) is 23.0 Å². The monoisotopic (exact) mass is 541 g/mol. The summed E-state index contributed by atoms with van der Waals surface area (Å²) in [6, 6.07) is 13.1. The number of nitrogens with zero attached hydrogens (tertiary/aromatic N) is 2. The lowest BCUT2D eigenvalue weighted by atomic mass is 10.1. The van der Waals surface area contributed by atoms with E-state index in [0.29, 0.717) is 5.56 Å². The first-order valence-corrected chi connectivity index (χ1v) is 11.6. The van der Waals surface area contributed by atoms with E-state index < -0.39 is 36.5 Å². The molecular formula is C26H31N5O8. The van der Waals surface area contributed by atoms with E-state index in [1.54, 1.807) is 60.7 Å². The van der Waals surface area contributed by atoms with Crippen molar-refractivity contribution in [2.45, 2.75) is 19.4 Å². The highest BCUT2D eigenvalue weighted by atomic mass is 16.4. The van der Waals surface area contributed by atoms with Crippen molar-refractivity contribution in [1.29, 1.82) is 0 Å². The van der Waals surface area contributed by atoms with Crippen LogP contribution in [0.5, 0.6) is 0 Å². The summed E-state index contributed by atoms with van der Waals surface area (Å²) in [5.74, 6) is 1.38. The Labute approximate surface area is 224 Å². The fraction of sp³-hybridized carbons (Fsp3) is 0.231. The molecule has 2 rings (SSSR count). The van der Waals surface area contributed by atoms with Crippen LogP contribution in [0.25, 0.3) is 6.08 Å². The van der Waals surface area contributed by atoms with E-state index >= 15 is 0 Å². The van der Waals surface area contributed by atoms with Crippen LogP contribution in [0.3, 0.4) is 0 Å². The smallest absolute Gasteiger partial charge is 0.330 e. The summed E-state index contributed by atoms with van der Waals surface area (Å²) in [5, 5.41) is 34.5.